The van der Waals surface area contributed by atoms with Crippen molar-refractivity contribution in [2.24, 2.45) is 18.4 Å². The maximum absolute atomic E-state index is 12.5. The molecule has 1 N–H and O–H groups in total. The molecule has 5 heterocycles. The summed E-state index contributed by atoms with van der Waals surface area (Å²) in [6, 6.07) is 7.06. The van der Waals surface area contributed by atoms with E-state index in [1.54, 1.807) is 0 Å². The minimum atomic E-state index is -0.444. The molecule has 0 radical (unpaired) electrons. The second-order valence-corrected chi connectivity index (χ2v) is 14.8. The molecular weight excluding hydrogens is 556 g/mol. The summed E-state index contributed by atoms with van der Waals surface area (Å²) in [6.45, 7) is 14.2. The normalized spacial score (nSPS) is 24.5. The van der Waals surface area contributed by atoms with Crippen molar-refractivity contribution in [2.45, 2.75) is 96.6 Å². The number of imide groups is 1. The lowest BCUT2D eigenvalue weighted by Gasteiger charge is -2.49. The molecule has 0 bridgehead atoms. The molecule has 2 aromatic rings. The van der Waals surface area contributed by atoms with Crippen LogP contribution in [0.2, 0.25) is 0 Å². The van der Waals surface area contributed by atoms with Crippen molar-refractivity contribution in [1.29, 1.82) is 0 Å². The molecule has 1 aromatic heterocycles. The average Bonchev–Trinajstić information content (AvgIpc) is 3.32. The molecule has 240 valence electrons. The third-order valence-electron chi connectivity index (χ3n) is 10.9. The van der Waals surface area contributed by atoms with E-state index in [-0.39, 0.29) is 23.8 Å². The first-order valence-electron chi connectivity index (χ1n) is 16.7. The van der Waals surface area contributed by atoms with Crippen molar-refractivity contribution < 1.29 is 19.1 Å². The van der Waals surface area contributed by atoms with Crippen LogP contribution < -0.4 is 10.2 Å². The first kappa shape index (κ1) is 30.9. The number of rotatable bonds is 4. The predicted molar refractivity (Wildman–Crippen MR) is 171 cm³/mol. The Hall–Kier alpha value is -3.14. The van der Waals surface area contributed by atoms with Crippen molar-refractivity contribution >= 4 is 34.5 Å². The Morgan fingerprint density at radius 2 is 1.66 bits per heavy atom. The molecule has 0 aliphatic carbocycles. The van der Waals surface area contributed by atoms with Gasteiger partial charge >= 0.3 is 6.09 Å². The summed E-state index contributed by atoms with van der Waals surface area (Å²) in [6.07, 6.45) is 7.68. The topological polar surface area (TPSA) is 100 Å². The number of hydrogen-bond donors (Lipinski definition) is 1. The number of likely N-dealkylation sites (tertiary alicyclic amines) is 2. The summed E-state index contributed by atoms with van der Waals surface area (Å²) >= 11 is 0. The number of ether oxygens (including phenoxy) is 1. The van der Waals surface area contributed by atoms with Gasteiger partial charge in [-0.15, -0.1) is 0 Å². The van der Waals surface area contributed by atoms with Crippen molar-refractivity contribution in [3.8, 4) is 0 Å². The van der Waals surface area contributed by atoms with E-state index in [2.05, 4.69) is 40.2 Å². The van der Waals surface area contributed by atoms with E-state index in [0.29, 0.717) is 30.2 Å². The number of benzene rings is 1. The number of aromatic nitrogens is 2. The zero-order valence-corrected chi connectivity index (χ0v) is 27.2. The fourth-order valence-corrected chi connectivity index (χ4v) is 8.02. The predicted octanol–water partition coefficient (Wildman–Crippen LogP) is 4.81. The second-order valence-electron chi connectivity index (χ2n) is 14.8. The number of hydrogen-bond acceptors (Lipinski definition) is 7. The van der Waals surface area contributed by atoms with E-state index >= 15 is 0 Å². The number of nitrogens with zero attached hydrogens (tertiary/aromatic N) is 5. The second kappa shape index (κ2) is 12.0. The lowest BCUT2D eigenvalue weighted by atomic mass is 9.70. The highest BCUT2D eigenvalue weighted by molar-refractivity contribution is 6.02. The third kappa shape index (κ3) is 6.32. The lowest BCUT2D eigenvalue weighted by Crippen LogP contribution is -2.52. The van der Waals surface area contributed by atoms with Gasteiger partial charge in [0.1, 0.15) is 5.60 Å². The van der Waals surface area contributed by atoms with Crippen LogP contribution in [0.5, 0.6) is 0 Å². The quantitative estimate of drug-likeness (QED) is 0.499. The van der Waals surface area contributed by atoms with E-state index in [4.69, 9.17) is 9.84 Å². The van der Waals surface area contributed by atoms with Crippen molar-refractivity contribution in [2.75, 3.05) is 44.2 Å². The van der Waals surface area contributed by atoms with Crippen LogP contribution in [0.25, 0.3) is 10.9 Å². The van der Waals surface area contributed by atoms with Gasteiger partial charge in [0.25, 0.3) is 0 Å². The van der Waals surface area contributed by atoms with Crippen molar-refractivity contribution in [3.05, 3.63) is 23.9 Å². The van der Waals surface area contributed by atoms with Crippen LogP contribution in [0.15, 0.2) is 18.2 Å². The molecule has 2 atom stereocenters. The molecular formula is C34H50N6O4. The molecule has 44 heavy (non-hydrogen) atoms. The van der Waals surface area contributed by atoms with Gasteiger partial charge < -0.3 is 19.4 Å². The maximum atomic E-state index is 12.5. The first-order chi connectivity index (χ1) is 20.9. The molecule has 4 aliphatic rings. The molecule has 4 aliphatic heterocycles. The van der Waals surface area contributed by atoms with Gasteiger partial charge in [0, 0.05) is 56.8 Å². The van der Waals surface area contributed by atoms with Crippen LogP contribution in [-0.4, -0.2) is 88.4 Å². The Balaban J connectivity index is 1.00. The number of carbonyl (C=O) groups excluding carboxylic acids is 3. The standard InChI is InChI=1S/C34H50N6O4/c1-23(38-18-12-34(13-19-38)14-20-40(21-15-34)32(43)44-33(2,3)4)24-10-16-39(17-11-24)25-6-7-26-28(22-25)37(5)36-30(26)27-8-9-29(41)35-31(27)42/h6-7,22-24,27H,8-21H2,1-5H3,(H,35,41,42)/t23-,27?/m0/s1. The van der Waals surface area contributed by atoms with Crippen LogP contribution in [0.4, 0.5) is 10.5 Å². The van der Waals surface area contributed by atoms with Gasteiger partial charge in [-0.3, -0.25) is 19.6 Å². The number of fused-ring (bicyclic) bond motifs is 1. The van der Waals surface area contributed by atoms with Crippen LogP contribution in [-0.2, 0) is 21.4 Å². The highest BCUT2D eigenvalue weighted by Crippen LogP contribution is 2.43. The fourth-order valence-electron chi connectivity index (χ4n) is 8.02. The average molecular weight is 607 g/mol. The number of anilines is 1. The molecule has 10 heteroatoms. The monoisotopic (exact) mass is 606 g/mol. The van der Waals surface area contributed by atoms with Gasteiger partial charge in [0.05, 0.1) is 17.1 Å². The molecule has 3 amide bonds. The van der Waals surface area contributed by atoms with Gasteiger partial charge in [-0.05, 0) is 115 Å². The van der Waals surface area contributed by atoms with Crippen LogP contribution in [0.1, 0.15) is 90.7 Å². The minimum Gasteiger partial charge on any atom is -0.444 e. The Labute approximate surface area is 261 Å². The zero-order chi connectivity index (χ0) is 31.2. The van der Waals surface area contributed by atoms with Crippen LogP contribution in [0.3, 0.4) is 0 Å². The summed E-state index contributed by atoms with van der Waals surface area (Å²) in [5.74, 6) is -0.134. The van der Waals surface area contributed by atoms with E-state index in [0.717, 1.165) is 68.7 Å². The maximum Gasteiger partial charge on any atom is 0.410 e. The third-order valence-corrected chi connectivity index (χ3v) is 10.9. The molecule has 10 nitrogen and oxygen atoms in total. The number of carbonyl (C=O) groups is 3. The van der Waals surface area contributed by atoms with Crippen molar-refractivity contribution in [1.82, 2.24) is 24.9 Å². The van der Waals surface area contributed by atoms with Gasteiger partial charge in [0.15, 0.2) is 0 Å². The fraction of sp³-hybridized carbons (Fsp3) is 0.706. The van der Waals surface area contributed by atoms with Gasteiger partial charge in [0.2, 0.25) is 11.8 Å². The Kier molecular flexibility index (Phi) is 8.41. The highest BCUT2D eigenvalue weighted by Gasteiger charge is 2.41. The molecule has 4 saturated heterocycles. The van der Waals surface area contributed by atoms with E-state index in [1.165, 1.54) is 31.4 Å². The van der Waals surface area contributed by atoms with Crippen molar-refractivity contribution in [3.63, 3.8) is 0 Å². The number of aryl methyl sites for hydroxylation is 1. The van der Waals surface area contributed by atoms with Crippen LogP contribution in [0, 0.1) is 11.3 Å². The lowest BCUT2D eigenvalue weighted by molar-refractivity contribution is -0.134. The van der Waals surface area contributed by atoms with Gasteiger partial charge in [-0.2, -0.15) is 5.10 Å². The first-order valence-corrected chi connectivity index (χ1v) is 16.7. The molecule has 4 fully saturated rings. The number of amides is 3. The number of piperidine rings is 4. The van der Waals surface area contributed by atoms with E-state index in [9.17, 15) is 14.4 Å². The highest BCUT2D eigenvalue weighted by atomic mass is 16.6. The Morgan fingerprint density at radius 1 is 1.00 bits per heavy atom. The molecule has 6 rings (SSSR count). The smallest absolute Gasteiger partial charge is 0.410 e. The Morgan fingerprint density at radius 3 is 2.30 bits per heavy atom. The largest absolute Gasteiger partial charge is 0.444 e. The Bertz CT molecular complexity index is 1390. The van der Waals surface area contributed by atoms with E-state index < -0.39 is 5.60 Å². The summed E-state index contributed by atoms with van der Waals surface area (Å²) in [5.41, 5.74) is 2.93. The number of nitrogens with one attached hydrogen (secondary N) is 1. The summed E-state index contributed by atoms with van der Waals surface area (Å²) in [7, 11) is 1.93. The van der Waals surface area contributed by atoms with Gasteiger partial charge in [-0.25, -0.2) is 4.79 Å². The molecule has 1 unspecified atom stereocenters. The molecule has 1 spiro atoms. The zero-order valence-electron chi connectivity index (χ0n) is 27.2. The summed E-state index contributed by atoms with van der Waals surface area (Å²) < 4.78 is 7.48. The van der Waals surface area contributed by atoms with E-state index in [1.807, 2.05) is 37.4 Å². The molecule has 0 saturated carbocycles. The molecule has 1 aromatic carbocycles. The summed E-state index contributed by atoms with van der Waals surface area (Å²) in [5, 5.41) is 8.18. The summed E-state index contributed by atoms with van der Waals surface area (Å²) in [4.78, 5) is 43.8. The SMILES string of the molecule is C[C@@H](C1CCN(c2ccc3c(C4CCC(=O)NC4=O)nn(C)c3c2)CC1)N1CCC2(CCN(C(=O)OC(C)(C)C)CC2)CC1. The van der Waals surface area contributed by atoms with Gasteiger partial charge in [-0.1, -0.05) is 0 Å². The minimum absolute atomic E-state index is 0.165. The van der Waals surface area contributed by atoms with Crippen LogP contribution >= 0.6 is 0 Å².